The van der Waals surface area contributed by atoms with Crippen LogP contribution in [0.4, 0.5) is 5.69 Å². The van der Waals surface area contributed by atoms with E-state index in [4.69, 9.17) is 0 Å². The first kappa shape index (κ1) is 18.6. The minimum atomic E-state index is -0.0931. The van der Waals surface area contributed by atoms with Crippen LogP contribution in [0.1, 0.15) is 39.8 Å². The molecule has 0 bridgehead atoms. The summed E-state index contributed by atoms with van der Waals surface area (Å²) < 4.78 is 0. The van der Waals surface area contributed by atoms with Crippen LogP contribution >= 0.6 is 0 Å². The number of hydrogen-bond acceptors (Lipinski definition) is 4. The molecule has 0 atom stereocenters. The minimum Gasteiger partial charge on any atom is -0.335 e. The molecular weight excluding hydrogens is 352 g/mol. The third-order valence-corrected chi connectivity index (χ3v) is 5.69. The number of para-hydroxylation sites is 1. The first-order valence-corrected chi connectivity index (χ1v) is 10.0. The second-order valence-electron chi connectivity index (χ2n) is 7.35. The number of amides is 2. The van der Waals surface area contributed by atoms with Gasteiger partial charge in [0.25, 0.3) is 11.8 Å². The van der Waals surface area contributed by atoms with Crippen LogP contribution in [-0.2, 0) is 6.42 Å². The van der Waals surface area contributed by atoms with Crippen LogP contribution in [0.3, 0.4) is 0 Å². The van der Waals surface area contributed by atoms with Gasteiger partial charge in [0.15, 0.2) is 0 Å². The molecule has 3 heterocycles. The highest BCUT2D eigenvalue weighted by atomic mass is 16.2. The highest BCUT2D eigenvalue weighted by molar-refractivity contribution is 6.07. The zero-order chi connectivity index (χ0) is 19.5. The number of carbonyl (C=O) groups is 2. The van der Waals surface area contributed by atoms with Gasteiger partial charge in [-0.1, -0.05) is 25.1 Å². The maximum absolute atomic E-state index is 13.2. The third kappa shape index (κ3) is 3.64. The Balaban J connectivity index is 1.53. The van der Waals surface area contributed by atoms with Crippen LogP contribution in [-0.4, -0.2) is 65.9 Å². The summed E-state index contributed by atoms with van der Waals surface area (Å²) in [5.41, 5.74) is 3.03. The number of anilines is 1. The van der Waals surface area contributed by atoms with Crippen LogP contribution in [0.15, 0.2) is 42.6 Å². The van der Waals surface area contributed by atoms with Gasteiger partial charge in [0.1, 0.15) is 5.69 Å². The normalized spacial score (nSPS) is 17.3. The first-order valence-electron chi connectivity index (χ1n) is 10.0. The lowest BCUT2D eigenvalue weighted by Gasteiger charge is -2.34. The molecule has 6 nitrogen and oxygen atoms in total. The van der Waals surface area contributed by atoms with Crippen molar-refractivity contribution in [2.45, 2.75) is 19.8 Å². The number of benzene rings is 1. The van der Waals surface area contributed by atoms with Crippen molar-refractivity contribution in [3.8, 4) is 0 Å². The zero-order valence-electron chi connectivity index (χ0n) is 16.3. The Kier molecular flexibility index (Phi) is 5.39. The highest BCUT2D eigenvalue weighted by Crippen LogP contribution is 2.28. The Labute approximate surface area is 165 Å². The summed E-state index contributed by atoms with van der Waals surface area (Å²) in [6, 6.07) is 11.4. The number of likely N-dealkylation sites (N-methyl/N-ethyl adjacent to an activating group) is 1. The number of aromatic nitrogens is 1. The van der Waals surface area contributed by atoms with Crippen molar-refractivity contribution in [1.29, 1.82) is 0 Å². The summed E-state index contributed by atoms with van der Waals surface area (Å²) >= 11 is 0. The van der Waals surface area contributed by atoms with E-state index in [9.17, 15) is 9.59 Å². The topological polar surface area (TPSA) is 56.8 Å². The number of piperazine rings is 1. The molecule has 0 spiro atoms. The second kappa shape index (κ2) is 8.10. The first-order chi connectivity index (χ1) is 13.7. The predicted molar refractivity (Wildman–Crippen MR) is 109 cm³/mol. The Morgan fingerprint density at radius 3 is 2.57 bits per heavy atom. The number of nitrogens with zero attached hydrogens (tertiary/aromatic N) is 4. The van der Waals surface area contributed by atoms with E-state index in [2.05, 4.69) is 22.9 Å². The van der Waals surface area contributed by atoms with Crippen LogP contribution in [0.2, 0.25) is 0 Å². The van der Waals surface area contributed by atoms with Gasteiger partial charge >= 0.3 is 0 Å². The molecule has 0 aliphatic carbocycles. The Morgan fingerprint density at radius 2 is 1.79 bits per heavy atom. The number of rotatable bonds is 3. The minimum absolute atomic E-state index is 0.0700. The molecule has 1 aromatic heterocycles. The number of fused-ring (bicyclic) bond motifs is 1. The molecule has 2 amide bonds. The highest BCUT2D eigenvalue weighted by Gasteiger charge is 2.26. The zero-order valence-corrected chi connectivity index (χ0v) is 16.3. The van der Waals surface area contributed by atoms with E-state index in [1.807, 2.05) is 28.0 Å². The van der Waals surface area contributed by atoms with Crippen molar-refractivity contribution in [1.82, 2.24) is 14.8 Å². The second-order valence-corrected chi connectivity index (χ2v) is 7.35. The fourth-order valence-electron chi connectivity index (χ4n) is 4.01. The Hall–Kier alpha value is -2.73. The fraction of sp³-hybridized carbons (Fsp3) is 0.409. The van der Waals surface area contributed by atoms with Gasteiger partial charge in [-0.2, -0.15) is 0 Å². The molecule has 146 valence electrons. The van der Waals surface area contributed by atoms with Crippen LogP contribution in [0.25, 0.3) is 0 Å². The smallest absolute Gasteiger partial charge is 0.272 e. The van der Waals surface area contributed by atoms with Gasteiger partial charge < -0.3 is 14.7 Å². The third-order valence-electron chi connectivity index (χ3n) is 5.69. The molecule has 1 aromatic carbocycles. The monoisotopic (exact) mass is 378 g/mol. The molecular formula is C22H26N4O2. The molecule has 6 heteroatoms. The molecule has 28 heavy (non-hydrogen) atoms. The number of hydrogen-bond donors (Lipinski definition) is 0. The summed E-state index contributed by atoms with van der Waals surface area (Å²) in [6.45, 7) is 6.99. The van der Waals surface area contributed by atoms with E-state index >= 15 is 0 Å². The van der Waals surface area contributed by atoms with Gasteiger partial charge in [0.05, 0.1) is 0 Å². The quantitative estimate of drug-likeness (QED) is 0.823. The van der Waals surface area contributed by atoms with Crippen molar-refractivity contribution < 1.29 is 9.59 Å². The van der Waals surface area contributed by atoms with Gasteiger partial charge in [-0.05, 0) is 43.1 Å². The van der Waals surface area contributed by atoms with E-state index in [1.54, 1.807) is 18.3 Å². The van der Waals surface area contributed by atoms with E-state index in [-0.39, 0.29) is 11.8 Å². The fourth-order valence-corrected chi connectivity index (χ4v) is 4.01. The molecule has 4 rings (SSSR count). The van der Waals surface area contributed by atoms with Crippen LogP contribution in [0, 0.1) is 0 Å². The molecule has 2 aromatic rings. The average molecular weight is 378 g/mol. The number of carbonyl (C=O) groups excluding carboxylic acids is 2. The number of pyridine rings is 1. The Bertz CT molecular complexity index is 874. The number of aryl methyl sites for hydroxylation is 1. The predicted octanol–water partition coefficient (Wildman–Crippen LogP) is 2.45. The molecule has 0 radical (unpaired) electrons. The van der Waals surface area contributed by atoms with E-state index in [1.165, 1.54) is 5.56 Å². The summed E-state index contributed by atoms with van der Waals surface area (Å²) in [4.78, 5) is 36.3. The maximum Gasteiger partial charge on any atom is 0.272 e. The lowest BCUT2D eigenvalue weighted by atomic mass is 10.0. The molecule has 1 saturated heterocycles. The van der Waals surface area contributed by atoms with Crippen molar-refractivity contribution >= 4 is 17.5 Å². The molecule has 0 unspecified atom stereocenters. The molecule has 0 saturated carbocycles. The van der Waals surface area contributed by atoms with Crippen molar-refractivity contribution in [2.24, 2.45) is 0 Å². The summed E-state index contributed by atoms with van der Waals surface area (Å²) in [5, 5.41) is 0. The van der Waals surface area contributed by atoms with Gasteiger partial charge in [0, 0.05) is 50.2 Å². The molecule has 2 aliphatic heterocycles. The van der Waals surface area contributed by atoms with Gasteiger partial charge in [-0.25, -0.2) is 0 Å². The maximum atomic E-state index is 13.2. The van der Waals surface area contributed by atoms with Gasteiger partial charge in [-0.3, -0.25) is 14.6 Å². The lowest BCUT2D eigenvalue weighted by molar-refractivity contribution is 0.0637. The van der Waals surface area contributed by atoms with Crippen LogP contribution < -0.4 is 4.90 Å². The van der Waals surface area contributed by atoms with Crippen molar-refractivity contribution in [2.75, 3.05) is 44.2 Å². The van der Waals surface area contributed by atoms with E-state index in [0.29, 0.717) is 30.9 Å². The van der Waals surface area contributed by atoms with Crippen molar-refractivity contribution in [3.63, 3.8) is 0 Å². The summed E-state index contributed by atoms with van der Waals surface area (Å²) in [7, 11) is 0. The van der Waals surface area contributed by atoms with E-state index < -0.39 is 0 Å². The largest absolute Gasteiger partial charge is 0.335 e. The van der Waals surface area contributed by atoms with Crippen molar-refractivity contribution in [3.05, 3.63) is 59.4 Å². The SMILES string of the molecule is CCN1CCN(C(=O)c2cc(C(=O)N3CCCc4ccccc43)ccn2)CC1. The summed E-state index contributed by atoms with van der Waals surface area (Å²) in [5.74, 6) is -0.163. The van der Waals surface area contributed by atoms with E-state index in [0.717, 1.165) is 38.2 Å². The van der Waals surface area contributed by atoms with Gasteiger partial charge in [-0.15, -0.1) is 0 Å². The molecule has 0 N–H and O–H groups in total. The van der Waals surface area contributed by atoms with Crippen LogP contribution in [0.5, 0.6) is 0 Å². The van der Waals surface area contributed by atoms with Gasteiger partial charge in [0.2, 0.25) is 0 Å². The summed E-state index contributed by atoms with van der Waals surface area (Å²) in [6.07, 6.45) is 3.50. The molecule has 1 fully saturated rings. The standard InChI is InChI=1S/C22H26N4O2/c1-2-24-12-14-25(15-13-24)22(28)19-16-18(9-10-23-19)21(27)26-11-5-7-17-6-3-4-8-20(17)26/h3-4,6,8-10,16H,2,5,7,11-15H2,1H3. The Morgan fingerprint density at radius 1 is 1.00 bits per heavy atom. The average Bonchev–Trinajstić information content (AvgIpc) is 2.78. The molecule has 2 aliphatic rings. The lowest BCUT2D eigenvalue weighted by Crippen LogP contribution is -2.48.